The number of nitrogens with one attached hydrogen (secondary N) is 2. The summed E-state index contributed by atoms with van der Waals surface area (Å²) in [4.78, 5) is 36.4. The highest BCUT2D eigenvalue weighted by atomic mass is 16.7. The monoisotopic (exact) mass is 400 g/mol. The normalized spacial score (nSPS) is 12.6. The van der Waals surface area contributed by atoms with Crippen molar-refractivity contribution in [3.8, 4) is 17.2 Å². The van der Waals surface area contributed by atoms with Gasteiger partial charge in [0.2, 0.25) is 6.79 Å². The van der Waals surface area contributed by atoms with E-state index >= 15 is 0 Å². The molecule has 0 aromatic heterocycles. The first kappa shape index (κ1) is 20.0. The maximum atomic E-state index is 12.2. The molecule has 29 heavy (non-hydrogen) atoms. The summed E-state index contributed by atoms with van der Waals surface area (Å²) in [5.74, 6) is -0.258. The molecule has 1 aliphatic heterocycles. The fourth-order valence-corrected chi connectivity index (χ4v) is 2.57. The van der Waals surface area contributed by atoms with Gasteiger partial charge >= 0.3 is 5.97 Å². The summed E-state index contributed by atoms with van der Waals surface area (Å²) in [6.45, 7) is 1.14. The van der Waals surface area contributed by atoms with Gasteiger partial charge in [0.1, 0.15) is 12.3 Å². The molecular weight excluding hydrogens is 380 g/mol. The lowest BCUT2D eigenvalue weighted by Crippen LogP contribution is -2.35. The van der Waals surface area contributed by atoms with Gasteiger partial charge in [-0.2, -0.15) is 0 Å². The number of rotatable bonds is 7. The number of ether oxygens (including phenoxy) is 4. The van der Waals surface area contributed by atoms with Crippen LogP contribution < -0.4 is 24.8 Å². The van der Waals surface area contributed by atoms with Crippen LogP contribution in [0.3, 0.4) is 0 Å². The first-order valence-electron chi connectivity index (χ1n) is 8.79. The Morgan fingerprint density at radius 1 is 1.10 bits per heavy atom. The van der Waals surface area contributed by atoms with E-state index in [9.17, 15) is 14.4 Å². The van der Waals surface area contributed by atoms with Crippen LogP contribution in [0.1, 0.15) is 17.3 Å². The average molecular weight is 400 g/mol. The van der Waals surface area contributed by atoms with Gasteiger partial charge in [0.15, 0.2) is 17.6 Å². The predicted molar refractivity (Wildman–Crippen MR) is 102 cm³/mol. The van der Waals surface area contributed by atoms with Crippen LogP contribution in [0.4, 0.5) is 5.69 Å². The molecule has 152 valence electrons. The zero-order chi connectivity index (χ0) is 20.8. The maximum absolute atomic E-state index is 12.2. The van der Waals surface area contributed by atoms with Crippen molar-refractivity contribution in [1.82, 2.24) is 5.32 Å². The number of amides is 2. The van der Waals surface area contributed by atoms with Crippen molar-refractivity contribution >= 4 is 23.5 Å². The SMILES string of the molecule is COc1ccccc1NC(=O)[C@H](C)OC(=O)CNC(=O)c1ccc2c(c1)OCO2. The van der Waals surface area contributed by atoms with E-state index in [0.717, 1.165) is 0 Å². The van der Waals surface area contributed by atoms with Gasteiger partial charge in [-0.15, -0.1) is 0 Å². The van der Waals surface area contributed by atoms with Crippen LogP contribution in [0.15, 0.2) is 42.5 Å². The predicted octanol–water partition coefficient (Wildman–Crippen LogP) is 1.72. The highest BCUT2D eigenvalue weighted by molar-refractivity contribution is 5.98. The molecule has 0 saturated carbocycles. The topological polar surface area (TPSA) is 112 Å². The van der Waals surface area contributed by atoms with Gasteiger partial charge in [0.05, 0.1) is 12.8 Å². The summed E-state index contributed by atoms with van der Waals surface area (Å²) in [6.07, 6.45) is -1.06. The van der Waals surface area contributed by atoms with Crippen LogP contribution in [0.5, 0.6) is 17.2 Å². The van der Waals surface area contributed by atoms with E-state index in [1.54, 1.807) is 36.4 Å². The summed E-state index contributed by atoms with van der Waals surface area (Å²) >= 11 is 0. The van der Waals surface area contributed by atoms with E-state index in [1.807, 2.05) is 0 Å². The van der Waals surface area contributed by atoms with Crippen molar-refractivity contribution in [2.45, 2.75) is 13.0 Å². The summed E-state index contributed by atoms with van der Waals surface area (Å²) in [5.41, 5.74) is 0.767. The molecule has 1 atom stereocenters. The van der Waals surface area contributed by atoms with Crippen molar-refractivity contribution in [2.24, 2.45) is 0 Å². The second-order valence-electron chi connectivity index (χ2n) is 6.07. The van der Waals surface area contributed by atoms with E-state index in [4.69, 9.17) is 18.9 Å². The first-order valence-corrected chi connectivity index (χ1v) is 8.79. The van der Waals surface area contributed by atoms with Crippen LogP contribution in [0, 0.1) is 0 Å². The second kappa shape index (κ2) is 8.96. The van der Waals surface area contributed by atoms with Gasteiger partial charge in [-0.1, -0.05) is 12.1 Å². The molecule has 0 fully saturated rings. The lowest BCUT2D eigenvalue weighted by atomic mass is 10.2. The van der Waals surface area contributed by atoms with Crippen LogP contribution in [0.25, 0.3) is 0 Å². The lowest BCUT2D eigenvalue weighted by molar-refractivity contribution is -0.152. The van der Waals surface area contributed by atoms with E-state index in [-0.39, 0.29) is 13.3 Å². The van der Waals surface area contributed by atoms with Gasteiger partial charge in [0.25, 0.3) is 11.8 Å². The summed E-state index contributed by atoms with van der Waals surface area (Å²) in [7, 11) is 1.48. The third-order valence-corrected chi connectivity index (χ3v) is 4.07. The Morgan fingerprint density at radius 3 is 2.66 bits per heavy atom. The van der Waals surface area contributed by atoms with Crippen molar-refractivity contribution < 1.29 is 33.3 Å². The van der Waals surface area contributed by atoms with Crippen LogP contribution in [0.2, 0.25) is 0 Å². The molecule has 3 rings (SSSR count). The molecular formula is C20H20N2O7. The van der Waals surface area contributed by atoms with E-state index in [1.165, 1.54) is 20.1 Å². The Kier molecular flexibility index (Phi) is 6.18. The minimum atomic E-state index is -1.06. The molecule has 9 nitrogen and oxygen atoms in total. The number of fused-ring (bicyclic) bond motifs is 1. The third kappa shape index (κ3) is 4.95. The van der Waals surface area contributed by atoms with Crippen molar-refractivity contribution in [2.75, 3.05) is 25.8 Å². The summed E-state index contributed by atoms with van der Waals surface area (Å²) in [5, 5.41) is 5.07. The lowest BCUT2D eigenvalue weighted by Gasteiger charge is -2.15. The molecule has 2 amide bonds. The molecule has 0 aliphatic carbocycles. The molecule has 1 aliphatic rings. The van der Waals surface area contributed by atoms with E-state index in [0.29, 0.717) is 28.5 Å². The number of methoxy groups -OCH3 is 1. The highest BCUT2D eigenvalue weighted by Crippen LogP contribution is 2.32. The highest BCUT2D eigenvalue weighted by Gasteiger charge is 2.20. The fraction of sp³-hybridized carbons (Fsp3) is 0.250. The molecule has 2 aromatic rings. The van der Waals surface area contributed by atoms with Gasteiger partial charge in [0, 0.05) is 5.56 Å². The summed E-state index contributed by atoms with van der Waals surface area (Å²) in [6, 6.07) is 11.5. The zero-order valence-corrected chi connectivity index (χ0v) is 15.9. The molecule has 0 bridgehead atoms. The molecule has 0 saturated heterocycles. The number of carbonyl (C=O) groups excluding carboxylic acids is 3. The third-order valence-electron chi connectivity index (χ3n) is 4.07. The van der Waals surface area contributed by atoms with Crippen molar-refractivity contribution in [3.05, 3.63) is 48.0 Å². The van der Waals surface area contributed by atoms with Gasteiger partial charge < -0.3 is 29.6 Å². The smallest absolute Gasteiger partial charge is 0.326 e. The van der Waals surface area contributed by atoms with Crippen LogP contribution in [-0.4, -0.2) is 44.3 Å². The first-order chi connectivity index (χ1) is 14.0. The Bertz CT molecular complexity index is 929. The number of hydrogen-bond acceptors (Lipinski definition) is 7. The largest absolute Gasteiger partial charge is 0.495 e. The zero-order valence-electron chi connectivity index (χ0n) is 15.9. The Morgan fingerprint density at radius 2 is 1.86 bits per heavy atom. The van der Waals surface area contributed by atoms with Crippen LogP contribution in [-0.2, 0) is 14.3 Å². The van der Waals surface area contributed by atoms with Gasteiger partial charge in [-0.3, -0.25) is 14.4 Å². The second-order valence-corrected chi connectivity index (χ2v) is 6.07. The number of para-hydroxylation sites is 2. The number of carbonyl (C=O) groups is 3. The standard InChI is InChI=1S/C20H20N2O7/c1-12(19(24)22-14-5-3-4-6-15(14)26-2)29-18(23)10-21-20(25)13-7-8-16-17(9-13)28-11-27-16/h3-9,12H,10-11H2,1-2H3,(H,21,25)(H,22,24)/t12-/m0/s1. The van der Waals surface area contributed by atoms with Gasteiger partial charge in [-0.25, -0.2) is 0 Å². The molecule has 2 N–H and O–H groups in total. The Hall–Kier alpha value is -3.75. The van der Waals surface area contributed by atoms with Crippen LogP contribution >= 0.6 is 0 Å². The number of esters is 1. The van der Waals surface area contributed by atoms with E-state index < -0.39 is 23.9 Å². The Labute approximate surface area is 166 Å². The average Bonchev–Trinajstić information content (AvgIpc) is 3.20. The Balaban J connectivity index is 1.48. The quantitative estimate of drug-likeness (QED) is 0.681. The van der Waals surface area contributed by atoms with E-state index in [2.05, 4.69) is 10.6 Å². The molecule has 1 heterocycles. The minimum absolute atomic E-state index is 0.0987. The molecule has 0 spiro atoms. The van der Waals surface area contributed by atoms with Crippen molar-refractivity contribution in [3.63, 3.8) is 0 Å². The molecule has 2 aromatic carbocycles. The maximum Gasteiger partial charge on any atom is 0.326 e. The fourth-order valence-electron chi connectivity index (χ4n) is 2.57. The minimum Gasteiger partial charge on any atom is -0.495 e. The molecule has 0 unspecified atom stereocenters. The van der Waals surface area contributed by atoms with Gasteiger partial charge in [-0.05, 0) is 37.3 Å². The number of benzene rings is 2. The summed E-state index contributed by atoms with van der Waals surface area (Å²) < 4.78 is 20.6. The number of hydrogen-bond donors (Lipinski definition) is 2. The number of anilines is 1. The van der Waals surface area contributed by atoms with Crippen molar-refractivity contribution in [1.29, 1.82) is 0 Å². The molecule has 0 radical (unpaired) electrons. The molecule has 9 heteroatoms.